The van der Waals surface area contributed by atoms with Crippen molar-refractivity contribution in [2.24, 2.45) is 0 Å². The number of hydrogen-bond acceptors (Lipinski definition) is 4. The molecule has 0 amide bonds. The lowest BCUT2D eigenvalue weighted by Gasteiger charge is -2.27. The van der Waals surface area contributed by atoms with Gasteiger partial charge in [-0.15, -0.1) is 0 Å². The van der Waals surface area contributed by atoms with Crippen molar-refractivity contribution < 1.29 is 5.11 Å². The fourth-order valence-electron chi connectivity index (χ4n) is 3.07. The van der Waals surface area contributed by atoms with Gasteiger partial charge in [-0.05, 0) is 45.8 Å². The Balaban J connectivity index is 1.80. The van der Waals surface area contributed by atoms with Crippen LogP contribution in [-0.2, 0) is 6.54 Å². The van der Waals surface area contributed by atoms with Crippen molar-refractivity contribution in [3.8, 4) is 0 Å². The molecule has 1 saturated heterocycles. The minimum Gasteiger partial charge on any atom is -0.396 e. The number of aliphatic hydroxyl groups excluding tert-OH is 1. The Bertz CT molecular complexity index is 409. The van der Waals surface area contributed by atoms with E-state index in [1.165, 1.54) is 0 Å². The van der Waals surface area contributed by atoms with Gasteiger partial charge in [0.05, 0.1) is 6.61 Å². The highest BCUT2D eigenvalue weighted by Gasteiger charge is 2.27. The molecule has 1 aromatic rings. The average molecular weight is 250 g/mol. The predicted octanol–water partition coefficient (Wildman–Crippen LogP) is 0.957. The standard InChI is InChI=1S/C13H22N4O/c1-16-7-4-10(5-8-16)12-14-13-11(9-18)3-2-6-17(13)15-12/h10-11,18H,2-9H2,1H3. The van der Waals surface area contributed by atoms with Gasteiger partial charge >= 0.3 is 0 Å². The molecule has 0 radical (unpaired) electrons. The van der Waals surface area contributed by atoms with Gasteiger partial charge in [0.2, 0.25) is 0 Å². The molecule has 1 fully saturated rings. The summed E-state index contributed by atoms with van der Waals surface area (Å²) in [7, 11) is 2.17. The normalized spacial score (nSPS) is 26.2. The summed E-state index contributed by atoms with van der Waals surface area (Å²) in [4.78, 5) is 7.09. The molecule has 2 aliphatic rings. The highest BCUT2D eigenvalue weighted by atomic mass is 16.3. The molecule has 1 aromatic heterocycles. The van der Waals surface area contributed by atoms with Crippen molar-refractivity contribution in [2.75, 3.05) is 26.7 Å². The van der Waals surface area contributed by atoms with Crippen LogP contribution in [0, 0.1) is 0 Å². The molecule has 18 heavy (non-hydrogen) atoms. The third-order valence-corrected chi connectivity index (χ3v) is 4.31. The Morgan fingerprint density at radius 1 is 1.22 bits per heavy atom. The van der Waals surface area contributed by atoms with E-state index in [0.717, 1.165) is 57.0 Å². The van der Waals surface area contributed by atoms with Gasteiger partial charge in [-0.2, -0.15) is 5.10 Å². The second-order valence-electron chi connectivity index (χ2n) is 5.65. The van der Waals surface area contributed by atoms with E-state index in [1.54, 1.807) is 0 Å². The molecular formula is C13H22N4O. The zero-order valence-electron chi connectivity index (χ0n) is 11.0. The van der Waals surface area contributed by atoms with Crippen LogP contribution in [-0.4, -0.2) is 51.5 Å². The highest BCUT2D eigenvalue weighted by molar-refractivity contribution is 5.07. The first-order chi connectivity index (χ1) is 8.78. The van der Waals surface area contributed by atoms with Gasteiger partial charge in [0, 0.05) is 18.4 Å². The van der Waals surface area contributed by atoms with Crippen LogP contribution in [0.4, 0.5) is 0 Å². The fraction of sp³-hybridized carbons (Fsp3) is 0.846. The van der Waals surface area contributed by atoms with Gasteiger partial charge in [-0.3, -0.25) is 0 Å². The first kappa shape index (κ1) is 12.1. The van der Waals surface area contributed by atoms with Crippen LogP contribution >= 0.6 is 0 Å². The van der Waals surface area contributed by atoms with E-state index in [9.17, 15) is 5.11 Å². The Morgan fingerprint density at radius 3 is 2.72 bits per heavy atom. The summed E-state index contributed by atoms with van der Waals surface area (Å²) in [5.74, 6) is 2.74. The molecule has 0 saturated carbocycles. The van der Waals surface area contributed by atoms with Crippen molar-refractivity contribution in [1.29, 1.82) is 0 Å². The number of nitrogens with zero attached hydrogens (tertiary/aromatic N) is 4. The maximum absolute atomic E-state index is 9.40. The smallest absolute Gasteiger partial charge is 0.154 e. The second kappa shape index (κ2) is 4.97. The van der Waals surface area contributed by atoms with Gasteiger partial charge in [0.1, 0.15) is 5.82 Å². The van der Waals surface area contributed by atoms with E-state index < -0.39 is 0 Å². The Hall–Kier alpha value is -0.940. The molecule has 0 aromatic carbocycles. The Labute approximate surface area is 108 Å². The zero-order chi connectivity index (χ0) is 12.5. The molecule has 5 nitrogen and oxygen atoms in total. The largest absolute Gasteiger partial charge is 0.396 e. The molecule has 0 bridgehead atoms. The summed E-state index contributed by atoms with van der Waals surface area (Å²) in [6, 6.07) is 0. The first-order valence-corrected chi connectivity index (χ1v) is 7.02. The maximum Gasteiger partial charge on any atom is 0.154 e. The lowest BCUT2D eigenvalue weighted by atomic mass is 9.96. The van der Waals surface area contributed by atoms with Crippen LogP contribution in [0.1, 0.15) is 49.2 Å². The summed E-state index contributed by atoms with van der Waals surface area (Å²) in [6.07, 6.45) is 4.46. The van der Waals surface area contributed by atoms with Crippen LogP contribution in [0.25, 0.3) is 0 Å². The number of fused-ring (bicyclic) bond motifs is 1. The SMILES string of the molecule is CN1CCC(c2nc3n(n2)CCCC3CO)CC1. The zero-order valence-corrected chi connectivity index (χ0v) is 11.0. The quantitative estimate of drug-likeness (QED) is 0.849. The molecule has 100 valence electrons. The highest BCUT2D eigenvalue weighted by Crippen LogP contribution is 2.30. The lowest BCUT2D eigenvalue weighted by Crippen LogP contribution is -2.29. The number of rotatable bonds is 2. The van der Waals surface area contributed by atoms with E-state index in [-0.39, 0.29) is 12.5 Å². The van der Waals surface area contributed by atoms with E-state index in [2.05, 4.69) is 17.0 Å². The monoisotopic (exact) mass is 250 g/mol. The van der Waals surface area contributed by atoms with Crippen LogP contribution in [0.2, 0.25) is 0 Å². The predicted molar refractivity (Wildman–Crippen MR) is 68.6 cm³/mol. The van der Waals surface area contributed by atoms with Crippen LogP contribution in [0.5, 0.6) is 0 Å². The van der Waals surface area contributed by atoms with Gasteiger partial charge in [-0.1, -0.05) is 0 Å². The van der Waals surface area contributed by atoms with E-state index >= 15 is 0 Å². The van der Waals surface area contributed by atoms with E-state index in [4.69, 9.17) is 4.98 Å². The third-order valence-electron chi connectivity index (χ3n) is 4.31. The minimum absolute atomic E-state index is 0.200. The Kier molecular flexibility index (Phi) is 3.35. The molecule has 1 atom stereocenters. The topological polar surface area (TPSA) is 54.2 Å². The third kappa shape index (κ3) is 2.17. The fourth-order valence-corrected chi connectivity index (χ4v) is 3.07. The van der Waals surface area contributed by atoms with Gasteiger partial charge < -0.3 is 10.0 Å². The minimum atomic E-state index is 0.200. The van der Waals surface area contributed by atoms with E-state index in [0.29, 0.717) is 5.92 Å². The number of aliphatic hydroxyl groups is 1. The molecule has 3 heterocycles. The molecule has 2 aliphatic heterocycles. The van der Waals surface area contributed by atoms with Gasteiger partial charge in [-0.25, -0.2) is 9.67 Å². The molecule has 3 rings (SSSR count). The van der Waals surface area contributed by atoms with Crippen molar-refractivity contribution in [2.45, 2.75) is 44.1 Å². The number of piperidine rings is 1. The number of aryl methyl sites for hydroxylation is 1. The van der Waals surface area contributed by atoms with Crippen molar-refractivity contribution >= 4 is 0 Å². The number of aromatic nitrogens is 3. The molecule has 1 unspecified atom stereocenters. The van der Waals surface area contributed by atoms with Crippen molar-refractivity contribution in [3.63, 3.8) is 0 Å². The van der Waals surface area contributed by atoms with Gasteiger partial charge in [0.15, 0.2) is 5.82 Å². The number of likely N-dealkylation sites (tertiary alicyclic amines) is 1. The van der Waals surface area contributed by atoms with Crippen LogP contribution < -0.4 is 0 Å². The molecule has 0 spiro atoms. The second-order valence-corrected chi connectivity index (χ2v) is 5.65. The summed E-state index contributed by atoms with van der Waals surface area (Å²) >= 11 is 0. The van der Waals surface area contributed by atoms with Crippen LogP contribution in [0.3, 0.4) is 0 Å². The molecule has 5 heteroatoms. The molecule has 0 aliphatic carbocycles. The van der Waals surface area contributed by atoms with Crippen LogP contribution in [0.15, 0.2) is 0 Å². The summed E-state index contributed by atoms with van der Waals surface area (Å²) in [6.45, 7) is 3.44. The molecular weight excluding hydrogens is 228 g/mol. The van der Waals surface area contributed by atoms with Crippen molar-refractivity contribution in [1.82, 2.24) is 19.7 Å². The summed E-state index contributed by atoms with van der Waals surface area (Å²) in [5, 5.41) is 14.1. The Morgan fingerprint density at radius 2 is 2.00 bits per heavy atom. The summed E-state index contributed by atoms with van der Waals surface area (Å²) in [5.41, 5.74) is 0. The summed E-state index contributed by atoms with van der Waals surface area (Å²) < 4.78 is 2.03. The molecule has 1 N–H and O–H groups in total. The van der Waals surface area contributed by atoms with Crippen molar-refractivity contribution in [3.05, 3.63) is 11.6 Å². The number of hydrogen-bond donors (Lipinski definition) is 1. The maximum atomic E-state index is 9.40. The van der Waals surface area contributed by atoms with Gasteiger partial charge in [0.25, 0.3) is 0 Å². The van der Waals surface area contributed by atoms with E-state index in [1.807, 2.05) is 4.68 Å². The first-order valence-electron chi connectivity index (χ1n) is 7.02. The average Bonchev–Trinajstić information content (AvgIpc) is 2.83. The lowest BCUT2D eigenvalue weighted by molar-refractivity contribution is 0.234.